The number of carbonyl (C=O) groups excluding carboxylic acids is 4. The number of rotatable bonds is 11. The Morgan fingerprint density at radius 3 is 2.38 bits per heavy atom. The number of sulfonamides is 1. The smallest absolute Gasteiger partial charge is 0.408 e. The van der Waals surface area contributed by atoms with Crippen LogP contribution in [0.3, 0.4) is 0 Å². The third-order valence-electron chi connectivity index (χ3n) is 9.09. The predicted octanol–water partition coefficient (Wildman–Crippen LogP) is 3.20. The molecular formula is C35H47N5O9S. The van der Waals surface area contributed by atoms with Crippen molar-refractivity contribution in [2.45, 2.75) is 102 Å². The van der Waals surface area contributed by atoms with Gasteiger partial charge in [-0.1, -0.05) is 32.9 Å². The molecule has 3 aliphatic rings. The summed E-state index contributed by atoms with van der Waals surface area (Å²) < 4.78 is 44.7. The minimum absolute atomic E-state index is 0.0136. The summed E-state index contributed by atoms with van der Waals surface area (Å²) in [7, 11) is -2.35. The van der Waals surface area contributed by atoms with Crippen molar-refractivity contribution in [3.05, 3.63) is 43.1 Å². The summed E-state index contributed by atoms with van der Waals surface area (Å²) in [6.45, 7) is 14.1. The Labute approximate surface area is 292 Å². The van der Waals surface area contributed by atoms with Gasteiger partial charge in [-0.3, -0.25) is 19.1 Å². The summed E-state index contributed by atoms with van der Waals surface area (Å²) in [5.41, 5.74) is -3.20. The monoisotopic (exact) mass is 713 g/mol. The molecule has 4 amide bonds. The highest BCUT2D eigenvalue weighted by Crippen LogP contribution is 2.45. The standard InChI is InChI=1S/C35H47N5O9S/c1-9-21-18-35(21,31(43)39-50(45,46)24-12-13-24)38-28(41)26-17-23(48-29-25-16-22(47-8)11-10-20(25)14-15-36-29)19-40(26)30(42)27(33(2,3)4)37-32(44)49-34(5,6)7/h9-11,14-16,21,23-24,26-27H,1,12-13,17-19H2,2-8H3,(H,37,44)(H,38,41)(H,39,43)/t21-,23?,26+,27-,35-/m1/s1. The average molecular weight is 714 g/mol. The fourth-order valence-corrected chi connectivity index (χ4v) is 7.50. The summed E-state index contributed by atoms with van der Waals surface area (Å²) in [6.07, 6.45) is 2.63. The molecule has 2 aromatic rings. The Kier molecular flexibility index (Phi) is 9.87. The van der Waals surface area contributed by atoms with E-state index in [4.69, 9.17) is 14.2 Å². The number of carbonyl (C=O) groups is 4. The number of benzene rings is 1. The zero-order valence-electron chi connectivity index (χ0n) is 29.6. The number of nitrogens with one attached hydrogen (secondary N) is 3. The van der Waals surface area contributed by atoms with E-state index in [9.17, 15) is 27.6 Å². The zero-order valence-corrected chi connectivity index (χ0v) is 30.4. The van der Waals surface area contributed by atoms with Gasteiger partial charge in [0.1, 0.15) is 35.1 Å². The zero-order chi connectivity index (χ0) is 36.8. The van der Waals surface area contributed by atoms with Crippen molar-refractivity contribution in [3.8, 4) is 11.6 Å². The summed E-state index contributed by atoms with van der Waals surface area (Å²) in [5.74, 6) is -1.75. The van der Waals surface area contributed by atoms with Crippen LogP contribution in [0, 0.1) is 11.3 Å². The van der Waals surface area contributed by atoms with Crippen LogP contribution in [0.1, 0.15) is 67.2 Å². The van der Waals surface area contributed by atoms with Crippen LogP contribution in [-0.2, 0) is 29.1 Å². The Morgan fingerprint density at radius 2 is 1.80 bits per heavy atom. The van der Waals surface area contributed by atoms with Gasteiger partial charge in [-0.15, -0.1) is 6.58 Å². The molecule has 1 unspecified atom stereocenters. The topological polar surface area (TPSA) is 182 Å². The molecule has 14 nitrogen and oxygen atoms in total. The van der Waals surface area contributed by atoms with Crippen molar-refractivity contribution in [1.82, 2.24) is 25.2 Å². The number of nitrogens with zero attached hydrogens (tertiary/aromatic N) is 2. The Bertz CT molecular complexity index is 1800. The fourth-order valence-electron chi connectivity index (χ4n) is 6.13. The average Bonchev–Trinajstić information content (AvgIpc) is 3.95. The number of hydrogen-bond donors (Lipinski definition) is 3. The number of amides is 4. The van der Waals surface area contributed by atoms with Crippen LogP contribution in [0.15, 0.2) is 43.1 Å². The van der Waals surface area contributed by atoms with Gasteiger partial charge in [0.25, 0.3) is 5.91 Å². The van der Waals surface area contributed by atoms with Crippen LogP contribution in [0.2, 0.25) is 0 Å². The molecule has 2 aliphatic carbocycles. The van der Waals surface area contributed by atoms with Gasteiger partial charge in [0.2, 0.25) is 27.7 Å². The number of methoxy groups -OCH3 is 1. The van der Waals surface area contributed by atoms with E-state index in [1.54, 1.807) is 60.9 Å². The second-order valence-corrected chi connectivity index (χ2v) is 17.3. The Morgan fingerprint density at radius 1 is 1.10 bits per heavy atom. The number of alkyl carbamates (subject to hydrolysis) is 1. The van der Waals surface area contributed by atoms with Crippen LogP contribution in [-0.4, -0.2) is 90.3 Å². The van der Waals surface area contributed by atoms with Gasteiger partial charge in [0, 0.05) is 23.9 Å². The molecule has 0 bridgehead atoms. The quantitative estimate of drug-likeness (QED) is 0.293. The summed E-state index contributed by atoms with van der Waals surface area (Å²) in [5, 5.41) is 6.32. The molecule has 1 aliphatic heterocycles. The molecule has 1 aromatic heterocycles. The second kappa shape index (κ2) is 13.4. The third kappa shape index (κ3) is 7.98. The van der Waals surface area contributed by atoms with Gasteiger partial charge < -0.3 is 29.7 Å². The highest BCUT2D eigenvalue weighted by atomic mass is 32.2. The molecular weight excluding hydrogens is 666 g/mol. The molecule has 3 fully saturated rings. The molecule has 0 radical (unpaired) electrons. The first-order chi connectivity index (χ1) is 23.3. The van der Waals surface area contributed by atoms with Crippen LogP contribution in [0.4, 0.5) is 4.79 Å². The number of fused-ring (bicyclic) bond motifs is 1. The highest BCUT2D eigenvalue weighted by Gasteiger charge is 2.62. The first-order valence-electron chi connectivity index (χ1n) is 16.7. The predicted molar refractivity (Wildman–Crippen MR) is 185 cm³/mol. The summed E-state index contributed by atoms with van der Waals surface area (Å²) in [4.78, 5) is 60.7. The Hall–Kier alpha value is -4.40. The molecule has 1 aromatic carbocycles. The lowest BCUT2D eigenvalue weighted by atomic mass is 9.85. The van der Waals surface area contributed by atoms with E-state index in [2.05, 4.69) is 26.9 Å². The van der Waals surface area contributed by atoms with E-state index >= 15 is 0 Å². The highest BCUT2D eigenvalue weighted by molar-refractivity contribution is 7.91. The molecule has 15 heteroatoms. The van der Waals surface area contributed by atoms with E-state index in [1.165, 1.54) is 11.0 Å². The van der Waals surface area contributed by atoms with E-state index in [-0.39, 0.29) is 25.3 Å². The van der Waals surface area contributed by atoms with Crippen LogP contribution >= 0.6 is 0 Å². The lowest BCUT2D eigenvalue weighted by molar-refractivity contribution is -0.143. The molecule has 5 atom stereocenters. The van der Waals surface area contributed by atoms with Crippen molar-refractivity contribution >= 4 is 44.6 Å². The lowest BCUT2D eigenvalue weighted by Crippen LogP contribution is -2.60. The number of pyridine rings is 1. The van der Waals surface area contributed by atoms with Gasteiger partial charge >= 0.3 is 6.09 Å². The molecule has 50 heavy (non-hydrogen) atoms. The minimum atomic E-state index is -3.90. The number of hydrogen-bond acceptors (Lipinski definition) is 10. The van der Waals surface area contributed by atoms with Gasteiger partial charge in [-0.25, -0.2) is 18.2 Å². The lowest BCUT2D eigenvalue weighted by Gasteiger charge is -2.36. The second-order valence-electron chi connectivity index (χ2n) is 15.3. The molecule has 3 N–H and O–H groups in total. The van der Waals surface area contributed by atoms with Gasteiger partial charge in [-0.2, -0.15) is 0 Å². The largest absolute Gasteiger partial charge is 0.497 e. The SMILES string of the molecule is C=C[C@@H]1C[C@]1(NC(=O)[C@@H]1CC(Oc2nccc3ccc(OC)cc23)CN1C(=O)[C@@H](NC(=O)OC(C)(C)C)C(C)(C)C)C(=O)NS(=O)(=O)C1CC1. The molecule has 1 saturated heterocycles. The summed E-state index contributed by atoms with van der Waals surface area (Å²) in [6, 6.07) is 4.99. The van der Waals surface area contributed by atoms with Gasteiger partial charge in [-0.05, 0) is 69.0 Å². The van der Waals surface area contributed by atoms with E-state index < -0.39 is 79.7 Å². The molecule has 0 spiro atoms. The normalized spacial score (nSPS) is 24.1. The van der Waals surface area contributed by atoms with E-state index in [0.29, 0.717) is 24.0 Å². The number of aromatic nitrogens is 1. The maximum absolute atomic E-state index is 14.4. The minimum Gasteiger partial charge on any atom is -0.497 e. The van der Waals surface area contributed by atoms with Crippen molar-refractivity contribution < 1.29 is 41.8 Å². The number of likely N-dealkylation sites (tertiary alicyclic amines) is 1. The summed E-state index contributed by atoms with van der Waals surface area (Å²) >= 11 is 0. The molecule has 2 heterocycles. The van der Waals surface area contributed by atoms with Crippen LogP contribution < -0.4 is 24.8 Å². The first kappa shape index (κ1) is 36.9. The maximum Gasteiger partial charge on any atom is 0.408 e. The van der Waals surface area contributed by atoms with Crippen LogP contribution in [0.25, 0.3) is 10.8 Å². The fraction of sp³-hybridized carbons (Fsp3) is 0.571. The maximum atomic E-state index is 14.4. The van der Waals surface area contributed by atoms with Crippen molar-refractivity contribution in [1.29, 1.82) is 0 Å². The number of ether oxygens (including phenoxy) is 3. The van der Waals surface area contributed by atoms with E-state index in [1.807, 2.05) is 18.2 Å². The molecule has 272 valence electrons. The van der Waals surface area contributed by atoms with Crippen molar-refractivity contribution in [2.24, 2.45) is 11.3 Å². The Balaban J connectivity index is 1.45. The van der Waals surface area contributed by atoms with Crippen LogP contribution in [0.5, 0.6) is 11.6 Å². The van der Waals surface area contributed by atoms with Gasteiger partial charge in [0.05, 0.1) is 18.9 Å². The van der Waals surface area contributed by atoms with Gasteiger partial charge in [0.15, 0.2) is 0 Å². The van der Waals surface area contributed by atoms with E-state index in [0.717, 1.165) is 5.39 Å². The van der Waals surface area contributed by atoms with Crippen molar-refractivity contribution in [2.75, 3.05) is 13.7 Å². The third-order valence-corrected chi connectivity index (χ3v) is 10.9. The molecule has 5 rings (SSSR count). The first-order valence-corrected chi connectivity index (χ1v) is 18.2. The molecule has 2 saturated carbocycles. The van der Waals surface area contributed by atoms with Crippen molar-refractivity contribution in [3.63, 3.8) is 0 Å².